The van der Waals surface area contributed by atoms with Crippen LogP contribution in [0.5, 0.6) is 5.88 Å². The van der Waals surface area contributed by atoms with Crippen molar-refractivity contribution in [3.8, 4) is 22.8 Å². The minimum Gasteiger partial charge on any atom is -0.472 e. The van der Waals surface area contributed by atoms with Crippen LogP contribution in [0.1, 0.15) is 5.56 Å². The Morgan fingerprint density at radius 1 is 1.00 bits per heavy atom. The highest BCUT2D eigenvalue weighted by molar-refractivity contribution is 7.71. The molecule has 20 heavy (non-hydrogen) atoms. The first-order valence-corrected chi connectivity index (χ1v) is 6.87. The van der Waals surface area contributed by atoms with Gasteiger partial charge in [0.25, 0.3) is 0 Å². The third kappa shape index (κ3) is 1.62. The average Bonchev–Trinajstić information content (AvgIpc) is 2.86. The molecule has 1 aromatic heterocycles. The molecule has 0 aliphatic carbocycles. The van der Waals surface area contributed by atoms with E-state index in [1.165, 1.54) is 0 Å². The van der Waals surface area contributed by atoms with Crippen molar-refractivity contribution in [1.82, 2.24) is 9.55 Å². The molecule has 1 N–H and O–H groups in total. The summed E-state index contributed by atoms with van der Waals surface area (Å²) in [5.74, 6) is 0.792. The van der Waals surface area contributed by atoms with Crippen LogP contribution in [-0.2, 0) is 6.61 Å². The van der Waals surface area contributed by atoms with Crippen molar-refractivity contribution in [2.24, 2.45) is 0 Å². The molecule has 0 spiro atoms. The van der Waals surface area contributed by atoms with Gasteiger partial charge >= 0.3 is 0 Å². The van der Waals surface area contributed by atoms with Gasteiger partial charge in [-0.15, -0.1) is 0 Å². The zero-order valence-electron chi connectivity index (χ0n) is 10.7. The number of ether oxygens (including phenoxy) is 1. The Morgan fingerprint density at radius 3 is 2.60 bits per heavy atom. The van der Waals surface area contributed by atoms with Gasteiger partial charge in [0.2, 0.25) is 5.88 Å². The second kappa shape index (κ2) is 4.35. The summed E-state index contributed by atoms with van der Waals surface area (Å²) in [6.45, 7) is 0.572. The summed E-state index contributed by atoms with van der Waals surface area (Å²) in [6, 6.07) is 18.3. The van der Waals surface area contributed by atoms with Crippen molar-refractivity contribution in [2.45, 2.75) is 6.61 Å². The van der Waals surface area contributed by atoms with Crippen LogP contribution in [0.2, 0.25) is 0 Å². The van der Waals surface area contributed by atoms with Crippen LogP contribution in [0, 0.1) is 4.77 Å². The average molecular weight is 280 g/mol. The zero-order valence-corrected chi connectivity index (χ0v) is 11.5. The van der Waals surface area contributed by atoms with E-state index < -0.39 is 0 Å². The molecule has 0 bridgehead atoms. The predicted octanol–water partition coefficient (Wildman–Crippen LogP) is 4.09. The largest absolute Gasteiger partial charge is 0.472 e. The molecule has 4 heteroatoms. The Balaban J connectivity index is 1.99. The maximum atomic E-state index is 5.92. The lowest BCUT2D eigenvalue weighted by atomic mass is 10.1. The normalized spacial score (nSPS) is 12.4. The Hall–Kier alpha value is -2.33. The van der Waals surface area contributed by atoms with Gasteiger partial charge in [0.15, 0.2) is 4.77 Å². The number of nitrogens with zero attached hydrogens (tertiary/aromatic N) is 1. The molecule has 0 unspecified atom stereocenters. The number of hydrogen-bond acceptors (Lipinski definition) is 2. The molecule has 0 radical (unpaired) electrons. The van der Waals surface area contributed by atoms with E-state index in [1.54, 1.807) is 0 Å². The molecule has 1 aliphatic rings. The molecule has 0 amide bonds. The first kappa shape index (κ1) is 11.5. The van der Waals surface area contributed by atoms with Crippen LogP contribution < -0.4 is 4.74 Å². The molecule has 0 fully saturated rings. The highest BCUT2D eigenvalue weighted by atomic mass is 32.1. The number of benzene rings is 2. The fourth-order valence-electron chi connectivity index (χ4n) is 2.57. The number of fused-ring (bicyclic) bond motifs is 3. The van der Waals surface area contributed by atoms with E-state index in [9.17, 15) is 0 Å². The van der Waals surface area contributed by atoms with E-state index in [0.29, 0.717) is 11.4 Å². The molecule has 2 heterocycles. The Labute approximate surface area is 121 Å². The first-order chi connectivity index (χ1) is 9.84. The van der Waals surface area contributed by atoms with Crippen molar-refractivity contribution in [3.05, 3.63) is 64.9 Å². The van der Waals surface area contributed by atoms with Gasteiger partial charge in [0.1, 0.15) is 12.3 Å². The van der Waals surface area contributed by atoms with Crippen molar-refractivity contribution in [2.75, 3.05) is 0 Å². The Morgan fingerprint density at radius 2 is 1.75 bits per heavy atom. The SMILES string of the molecule is S=c1[nH]c(-c2ccccc2)c2n1-c1ccccc1CO2. The molecule has 0 atom stereocenters. The lowest BCUT2D eigenvalue weighted by molar-refractivity contribution is 0.277. The molecule has 4 rings (SSSR count). The Kier molecular flexibility index (Phi) is 2.50. The standard InChI is InChI=1S/C16H12N2OS/c20-16-17-14(11-6-2-1-3-7-11)15-18(16)13-9-5-4-8-12(13)10-19-15/h1-9H,10H2,(H,17,20). The van der Waals surface area contributed by atoms with Crippen LogP contribution in [0.15, 0.2) is 54.6 Å². The second-order valence-electron chi connectivity index (χ2n) is 4.73. The summed E-state index contributed by atoms with van der Waals surface area (Å²) >= 11 is 5.46. The summed E-state index contributed by atoms with van der Waals surface area (Å²) in [6.07, 6.45) is 0. The molecular formula is C16H12N2OS. The van der Waals surface area contributed by atoms with Gasteiger partial charge in [0.05, 0.1) is 5.69 Å². The van der Waals surface area contributed by atoms with Gasteiger partial charge in [-0.2, -0.15) is 0 Å². The minimum absolute atomic E-state index is 0.572. The second-order valence-corrected chi connectivity index (χ2v) is 5.12. The smallest absolute Gasteiger partial charge is 0.225 e. The number of aromatic amines is 1. The van der Waals surface area contributed by atoms with Gasteiger partial charge in [0, 0.05) is 11.1 Å². The molecule has 2 aromatic carbocycles. The lowest BCUT2D eigenvalue weighted by Gasteiger charge is -2.20. The van der Waals surface area contributed by atoms with Crippen LogP contribution in [0.3, 0.4) is 0 Å². The first-order valence-electron chi connectivity index (χ1n) is 6.46. The third-order valence-corrected chi connectivity index (χ3v) is 3.80. The maximum Gasteiger partial charge on any atom is 0.225 e. The van der Waals surface area contributed by atoms with Gasteiger partial charge in [-0.05, 0) is 18.3 Å². The van der Waals surface area contributed by atoms with Crippen molar-refractivity contribution in [3.63, 3.8) is 0 Å². The summed E-state index contributed by atoms with van der Waals surface area (Å²) in [5.41, 5.74) is 4.25. The van der Waals surface area contributed by atoms with Crippen molar-refractivity contribution < 1.29 is 4.74 Å². The lowest BCUT2D eigenvalue weighted by Crippen LogP contribution is -2.12. The number of imidazole rings is 1. The molecule has 1 aliphatic heterocycles. The Bertz CT molecular complexity index is 833. The molecule has 0 saturated heterocycles. The van der Waals surface area contributed by atoms with Crippen molar-refractivity contribution >= 4 is 12.2 Å². The number of rotatable bonds is 1. The minimum atomic E-state index is 0.572. The van der Waals surface area contributed by atoms with Crippen LogP contribution in [-0.4, -0.2) is 9.55 Å². The van der Waals surface area contributed by atoms with Crippen LogP contribution in [0.4, 0.5) is 0 Å². The van der Waals surface area contributed by atoms with Crippen LogP contribution >= 0.6 is 12.2 Å². The molecule has 3 nitrogen and oxygen atoms in total. The van der Waals surface area contributed by atoms with Crippen molar-refractivity contribution in [1.29, 1.82) is 0 Å². The fourth-order valence-corrected chi connectivity index (χ4v) is 2.86. The maximum absolute atomic E-state index is 5.92. The van der Waals surface area contributed by atoms with Gasteiger partial charge < -0.3 is 9.72 Å². The molecule has 3 aromatic rings. The summed E-state index contributed by atoms with van der Waals surface area (Å²) in [4.78, 5) is 3.27. The quantitative estimate of drug-likeness (QED) is 0.680. The highest BCUT2D eigenvalue weighted by Crippen LogP contribution is 2.36. The van der Waals surface area contributed by atoms with E-state index in [-0.39, 0.29) is 0 Å². The third-order valence-electron chi connectivity index (χ3n) is 3.51. The zero-order chi connectivity index (χ0) is 13.5. The predicted molar refractivity (Wildman–Crippen MR) is 80.7 cm³/mol. The van der Waals surface area contributed by atoms with Gasteiger partial charge in [-0.3, -0.25) is 4.57 Å². The highest BCUT2D eigenvalue weighted by Gasteiger charge is 2.22. The number of hydrogen-bond donors (Lipinski definition) is 1. The number of para-hydroxylation sites is 1. The monoisotopic (exact) mass is 280 g/mol. The number of H-pyrrole nitrogens is 1. The molecule has 98 valence electrons. The summed E-state index contributed by atoms with van der Waals surface area (Å²) in [5, 5.41) is 0. The number of nitrogens with one attached hydrogen (secondary N) is 1. The van der Waals surface area contributed by atoms with E-state index >= 15 is 0 Å². The molecule has 0 saturated carbocycles. The molecular weight excluding hydrogens is 268 g/mol. The van der Waals surface area contributed by atoms with E-state index in [2.05, 4.69) is 17.1 Å². The van der Waals surface area contributed by atoms with E-state index in [4.69, 9.17) is 17.0 Å². The fraction of sp³-hybridized carbons (Fsp3) is 0.0625. The number of aromatic nitrogens is 2. The summed E-state index contributed by atoms with van der Waals surface area (Å²) in [7, 11) is 0. The van der Waals surface area contributed by atoms with E-state index in [0.717, 1.165) is 28.4 Å². The van der Waals surface area contributed by atoms with Gasteiger partial charge in [-0.25, -0.2) is 0 Å². The topological polar surface area (TPSA) is 29.9 Å². The van der Waals surface area contributed by atoms with Gasteiger partial charge in [-0.1, -0.05) is 48.5 Å². The van der Waals surface area contributed by atoms with E-state index in [1.807, 2.05) is 47.0 Å². The summed E-state index contributed by atoms with van der Waals surface area (Å²) < 4.78 is 8.55. The van der Waals surface area contributed by atoms with Crippen LogP contribution in [0.25, 0.3) is 16.9 Å².